The highest BCUT2D eigenvalue weighted by Gasteiger charge is 2.27. The Labute approximate surface area is 120 Å². The number of rotatable bonds is 6. The van der Waals surface area contributed by atoms with E-state index >= 15 is 0 Å². The molecule has 1 aromatic heterocycles. The number of hydrogen-bond donors (Lipinski definition) is 1. The fourth-order valence-electron chi connectivity index (χ4n) is 1.49. The second-order valence-corrected chi connectivity index (χ2v) is 7.28. The van der Waals surface area contributed by atoms with Gasteiger partial charge >= 0.3 is 5.97 Å². The van der Waals surface area contributed by atoms with Gasteiger partial charge in [-0.05, 0) is 27.9 Å². The zero-order chi connectivity index (χ0) is 14.6. The Morgan fingerprint density at radius 1 is 1.47 bits per heavy atom. The van der Waals surface area contributed by atoms with Crippen molar-refractivity contribution in [1.29, 1.82) is 0 Å². The summed E-state index contributed by atoms with van der Waals surface area (Å²) in [4.78, 5) is 14.6. The van der Waals surface area contributed by atoms with Gasteiger partial charge in [0.25, 0.3) is 0 Å². The number of carbonyl (C=O) groups is 1. The Kier molecular flexibility index (Phi) is 5.45. The minimum atomic E-state index is -3.85. The van der Waals surface area contributed by atoms with Crippen molar-refractivity contribution in [3.63, 3.8) is 0 Å². The number of pyridine rings is 1. The molecule has 0 saturated heterocycles. The lowest BCUT2D eigenvalue weighted by Crippen LogP contribution is -2.38. The lowest BCUT2D eigenvalue weighted by Gasteiger charge is -2.22. The van der Waals surface area contributed by atoms with Crippen molar-refractivity contribution in [3.05, 3.63) is 22.9 Å². The molecule has 0 spiro atoms. The van der Waals surface area contributed by atoms with E-state index in [1.54, 1.807) is 0 Å². The maximum Gasteiger partial charge on any atom is 0.318 e. The van der Waals surface area contributed by atoms with E-state index in [9.17, 15) is 13.2 Å². The van der Waals surface area contributed by atoms with Gasteiger partial charge in [-0.1, -0.05) is 13.8 Å². The van der Waals surface area contributed by atoms with Crippen molar-refractivity contribution in [1.82, 2.24) is 9.29 Å². The highest BCUT2D eigenvalue weighted by molar-refractivity contribution is 9.10. The van der Waals surface area contributed by atoms with Crippen LogP contribution in [0.15, 0.2) is 27.8 Å². The van der Waals surface area contributed by atoms with E-state index in [1.807, 2.05) is 13.8 Å². The van der Waals surface area contributed by atoms with Gasteiger partial charge in [0, 0.05) is 23.4 Å². The molecule has 0 aliphatic heterocycles. The van der Waals surface area contributed by atoms with Gasteiger partial charge in [-0.25, -0.2) is 8.42 Å². The Morgan fingerprint density at radius 2 is 2.11 bits per heavy atom. The smallest absolute Gasteiger partial charge is 0.318 e. The lowest BCUT2D eigenvalue weighted by molar-refractivity contribution is -0.137. The number of aliphatic carboxylic acids is 1. The van der Waals surface area contributed by atoms with Crippen LogP contribution in [0.25, 0.3) is 0 Å². The molecular formula is C11H15BrN2O4S. The highest BCUT2D eigenvalue weighted by atomic mass is 79.9. The SMILES string of the molecule is CC(C)CN(CC(=O)O)S(=O)(=O)c1cncc(Br)c1. The van der Waals surface area contributed by atoms with Crippen LogP contribution in [0.4, 0.5) is 0 Å². The molecule has 19 heavy (non-hydrogen) atoms. The van der Waals surface area contributed by atoms with Gasteiger partial charge in [-0.3, -0.25) is 9.78 Å². The van der Waals surface area contributed by atoms with Crippen LogP contribution >= 0.6 is 15.9 Å². The molecule has 0 aliphatic rings. The van der Waals surface area contributed by atoms with E-state index in [2.05, 4.69) is 20.9 Å². The zero-order valence-corrected chi connectivity index (χ0v) is 13.0. The monoisotopic (exact) mass is 350 g/mol. The summed E-state index contributed by atoms with van der Waals surface area (Å²) in [6, 6.07) is 1.40. The molecule has 0 amide bonds. The largest absolute Gasteiger partial charge is 0.480 e. The summed E-state index contributed by atoms with van der Waals surface area (Å²) in [6.07, 6.45) is 2.66. The average molecular weight is 351 g/mol. The summed E-state index contributed by atoms with van der Waals surface area (Å²) in [6.45, 7) is 3.22. The maximum absolute atomic E-state index is 12.4. The molecule has 106 valence electrons. The first-order valence-corrected chi connectivity index (χ1v) is 7.79. The number of nitrogens with zero attached hydrogens (tertiary/aromatic N) is 2. The quantitative estimate of drug-likeness (QED) is 0.841. The summed E-state index contributed by atoms with van der Waals surface area (Å²) in [5, 5.41) is 8.83. The fourth-order valence-corrected chi connectivity index (χ4v) is 3.55. The first-order chi connectivity index (χ1) is 8.73. The molecule has 0 radical (unpaired) electrons. The van der Waals surface area contributed by atoms with Crippen molar-refractivity contribution >= 4 is 31.9 Å². The highest BCUT2D eigenvalue weighted by Crippen LogP contribution is 2.19. The Hall–Kier alpha value is -0.990. The number of aromatic nitrogens is 1. The predicted octanol–water partition coefficient (Wildman–Crippen LogP) is 1.58. The number of halogens is 1. The lowest BCUT2D eigenvalue weighted by atomic mass is 10.2. The van der Waals surface area contributed by atoms with Crippen LogP contribution in [0.2, 0.25) is 0 Å². The Balaban J connectivity index is 3.15. The zero-order valence-electron chi connectivity index (χ0n) is 10.6. The first-order valence-electron chi connectivity index (χ1n) is 5.56. The van der Waals surface area contributed by atoms with Gasteiger partial charge in [0.2, 0.25) is 10.0 Å². The van der Waals surface area contributed by atoms with Gasteiger partial charge in [-0.2, -0.15) is 4.31 Å². The fraction of sp³-hybridized carbons (Fsp3) is 0.455. The van der Waals surface area contributed by atoms with E-state index < -0.39 is 22.5 Å². The van der Waals surface area contributed by atoms with E-state index in [-0.39, 0.29) is 17.4 Å². The minimum Gasteiger partial charge on any atom is -0.480 e. The van der Waals surface area contributed by atoms with E-state index in [0.717, 1.165) is 4.31 Å². The summed E-state index contributed by atoms with van der Waals surface area (Å²) >= 11 is 3.14. The van der Waals surface area contributed by atoms with Crippen molar-refractivity contribution in [3.8, 4) is 0 Å². The van der Waals surface area contributed by atoms with Crippen molar-refractivity contribution in [2.24, 2.45) is 5.92 Å². The number of carboxylic acids is 1. The van der Waals surface area contributed by atoms with Gasteiger partial charge in [0.1, 0.15) is 11.4 Å². The van der Waals surface area contributed by atoms with Gasteiger partial charge < -0.3 is 5.11 Å². The summed E-state index contributed by atoms with van der Waals surface area (Å²) < 4.78 is 26.2. The van der Waals surface area contributed by atoms with E-state index in [4.69, 9.17) is 5.11 Å². The Morgan fingerprint density at radius 3 is 2.58 bits per heavy atom. The van der Waals surface area contributed by atoms with Crippen LogP contribution in [0.1, 0.15) is 13.8 Å². The molecule has 6 nitrogen and oxygen atoms in total. The van der Waals surface area contributed by atoms with Crippen molar-refractivity contribution in [2.45, 2.75) is 18.7 Å². The van der Waals surface area contributed by atoms with E-state index in [1.165, 1.54) is 18.5 Å². The first kappa shape index (κ1) is 16.1. The molecular weight excluding hydrogens is 336 g/mol. The van der Waals surface area contributed by atoms with E-state index in [0.29, 0.717) is 4.47 Å². The van der Waals surface area contributed by atoms with Crippen LogP contribution in [0.3, 0.4) is 0 Å². The van der Waals surface area contributed by atoms with Crippen LogP contribution in [0, 0.1) is 5.92 Å². The number of hydrogen-bond acceptors (Lipinski definition) is 4. The Bertz CT molecular complexity index is 560. The van der Waals surface area contributed by atoms with Gasteiger partial charge in [-0.15, -0.1) is 0 Å². The van der Waals surface area contributed by atoms with Gasteiger partial charge in [0.15, 0.2) is 0 Å². The number of carboxylic acid groups (broad SMARTS) is 1. The minimum absolute atomic E-state index is 0.0224. The summed E-state index contributed by atoms with van der Waals surface area (Å²) in [7, 11) is -3.85. The normalized spacial score (nSPS) is 12.1. The summed E-state index contributed by atoms with van der Waals surface area (Å²) in [5.41, 5.74) is 0. The van der Waals surface area contributed by atoms with Crippen molar-refractivity contribution < 1.29 is 18.3 Å². The molecule has 0 aliphatic carbocycles. The topological polar surface area (TPSA) is 87.6 Å². The molecule has 0 atom stereocenters. The standard InChI is InChI=1S/C11H15BrN2O4S/c1-8(2)6-14(7-11(15)16)19(17,18)10-3-9(12)4-13-5-10/h3-5,8H,6-7H2,1-2H3,(H,15,16). The molecule has 0 saturated carbocycles. The van der Waals surface area contributed by atoms with Crippen LogP contribution in [0.5, 0.6) is 0 Å². The average Bonchev–Trinajstić information content (AvgIpc) is 2.26. The molecule has 0 aromatic carbocycles. The van der Waals surface area contributed by atoms with Crippen LogP contribution < -0.4 is 0 Å². The van der Waals surface area contributed by atoms with Gasteiger partial charge in [0.05, 0.1) is 0 Å². The third-order valence-electron chi connectivity index (χ3n) is 2.20. The molecule has 1 N–H and O–H groups in total. The molecule has 0 fully saturated rings. The third kappa shape index (κ3) is 4.55. The van der Waals surface area contributed by atoms with Crippen LogP contribution in [-0.4, -0.2) is 41.9 Å². The molecule has 8 heteroatoms. The number of sulfonamides is 1. The molecule has 1 rings (SSSR count). The maximum atomic E-state index is 12.4. The molecule has 0 unspecified atom stereocenters. The molecule has 0 bridgehead atoms. The summed E-state index contributed by atoms with van der Waals surface area (Å²) in [5.74, 6) is -1.17. The predicted molar refractivity (Wildman–Crippen MR) is 73.2 cm³/mol. The molecule has 1 aromatic rings. The molecule has 1 heterocycles. The van der Waals surface area contributed by atoms with Crippen molar-refractivity contribution in [2.75, 3.05) is 13.1 Å². The third-order valence-corrected chi connectivity index (χ3v) is 4.41. The second kappa shape index (κ2) is 6.44. The van der Waals surface area contributed by atoms with Crippen LogP contribution in [-0.2, 0) is 14.8 Å². The second-order valence-electron chi connectivity index (χ2n) is 4.42.